The third-order valence-electron chi connectivity index (χ3n) is 2.06. The fourth-order valence-corrected chi connectivity index (χ4v) is 1.70. The smallest absolute Gasteiger partial charge is 0.224 e. The van der Waals surface area contributed by atoms with E-state index in [1.165, 1.54) is 6.20 Å². The molecule has 0 N–H and O–H groups in total. The Kier molecular flexibility index (Phi) is 3.31. The molecule has 2 rings (SSSR count). The SMILES string of the molecule is CN(Cc1ccoc1)c1nc(Cl)ncc1Cl. The van der Waals surface area contributed by atoms with Crippen LogP contribution >= 0.6 is 23.2 Å². The Morgan fingerprint density at radius 1 is 1.44 bits per heavy atom. The van der Waals surface area contributed by atoms with E-state index < -0.39 is 0 Å². The molecule has 0 atom stereocenters. The van der Waals surface area contributed by atoms with Crippen LogP contribution < -0.4 is 4.90 Å². The summed E-state index contributed by atoms with van der Waals surface area (Å²) in [5.74, 6) is 0.600. The molecule has 0 spiro atoms. The molecule has 0 amide bonds. The quantitative estimate of drug-likeness (QED) is 0.793. The van der Waals surface area contributed by atoms with Crippen LogP contribution in [-0.4, -0.2) is 17.0 Å². The third-order valence-corrected chi connectivity index (χ3v) is 2.51. The van der Waals surface area contributed by atoms with E-state index in [2.05, 4.69) is 9.97 Å². The largest absolute Gasteiger partial charge is 0.472 e. The molecule has 2 heterocycles. The topological polar surface area (TPSA) is 42.2 Å². The van der Waals surface area contributed by atoms with Gasteiger partial charge >= 0.3 is 0 Å². The zero-order chi connectivity index (χ0) is 11.5. The molecule has 0 aliphatic rings. The van der Waals surface area contributed by atoms with Gasteiger partial charge in [-0.25, -0.2) is 4.98 Å². The Balaban J connectivity index is 2.20. The third kappa shape index (κ3) is 2.46. The molecule has 6 heteroatoms. The van der Waals surface area contributed by atoms with Crippen LogP contribution in [0.3, 0.4) is 0 Å². The van der Waals surface area contributed by atoms with Crippen molar-refractivity contribution >= 4 is 29.0 Å². The Labute approximate surface area is 103 Å². The maximum atomic E-state index is 5.98. The van der Waals surface area contributed by atoms with Gasteiger partial charge in [0.25, 0.3) is 0 Å². The van der Waals surface area contributed by atoms with Crippen molar-refractivity contribution in [3.8, 4) is 0 Å². The van der Waals surface area contributed by atoms with Crippen molar-refractivity contribution in [1.29, 1.82) is 0 Å². The first-order valence-corrected chi connectivity index (χ1v) is 5.32. The summed E-state index contributed by atoms with van der Waals surface area (Å²) in [5, 5.41) is 0.647. The molecule has 2 aromatic heterocycles. The fraction of sp³-hybridized carbons (Fsp3) is 0.200. The lowest BCUT2D eigenvalue weighted by molar-refractivity contribution is 0.563. The minimum atomic E-state index is 0.179. The molecular weight excluding hydrogens is 249 g/mol. The molecule has 0 unspecified atom stereocenters. The number of hydrogen-bond donors (Lipinski definition) is 0. The number of furan rings is 1. The molecule has 4 nitrogen and oxygen atoms in total. The molecule has 0 radical (unpaired) electrons. The Bertz CT molecular complexity index is 473. The highest BCUT2D eigenvalue weighted by Crippen LogP contribution is 2.23. The molecule has 0 aliphatic carbocycles. The summed E-state index contributed by atoms with van der Waals surface area (Å²) < 4.78 is 4.99. The van der Waals surface area contributed by atoms with Crippen molar-refractivity contribution in [2.24, 2.45) is 0 Å². The number of halogens is 2. The first kappa shape index (κ1) is 11.2. The maximum Gasteiger partial charge on any atom is 0.224 e. The Morgan fingerprint density at radius 2 is 2.25 bits per heavy atom. The van der Waals surface area contributed by atoms with Crippen LogP contribution in [0.1, 0.15) is 5.56 Å². The van der Waals surface area contributed by atoms with E-state index in [0.29, 0.717) is 17.4 Å². The average molecular weight is 258 g/mol. The molecule has 0 fully saturated rings. The van der Waals surface area contributed by atoms with E-state index >= 15 is 0 Å². The second-order valence-electron chi connectivity index (χ2n) is 3.30. The Morgan fingerprint density at radius 3 is 2.94 bits per heavy atom. The average Bonchev–Trinajstić information content (AvgIpc) is 2.74. The van der Waals surface area contributed by atoms with Crippen LogP contribution in [0.15, 0.2) is 29.2 Å². The minimum absolute atomic E-state index is 0.179. The highest BCUT2D eigenvalue weighted by atomic mass is 35.5. The van der Waals surface area contributed by atoms with Crippen molar-refractivity contribution in [2.45, 2.75) is 6.54 Å². The van der Waals surface area contributed by atoms with Gasteiger partial charge in [0.05, 0.1) is 18.7 Å². The van der Waals surface area contributed by atoms with Crippen molar-refractivity contribution in [3.05, 3.63) is 40.7 Å². The van der Waals surface area contributed by atoms with Crippen molar-refractivity contribution < 1.29 is 4.42 Å². The molecule has 0 bridgehead atoms. The van der Waals surface area contributed by atoms with Gasteiger partial charge in [0, 0.05) is 19.2 Å². The number of aromatic nitrogens is 2. The van der Waals surface area contributed by atoms with Gasteiger partial charge in [-0.2, -0.15) is 4.98 Å². The summed E-state index contributed by atoms with van der Waals surface area (Å²) in [4.78, 5) is 9.74. The molecular formula is C10H9Cl2N3O. The van der Waals surface area contributed by atoms with Gasteiger partial charge in [0.1, 0.15) is 5.02 Å². The molecule has 0 saturated heterocycles. The van der Waals surface area contributed by atoms with E-state index in [-0.39, 0.29) is 5.28 Å². The first-order chi connectivity index (χ1) is 7.66. The molecule has 0 aliphatic heterocycles. The van der Waals surface area contributed by atoms with Crippen LogP contribution in [0.25, 0.3) is 0 Å². The molecule has 0 aromatic carbocycles. The summed E-state index contributed by atoms with van der Waals surface area (Å²) in [6, 6.07) is 1.88. The zero-order valence-corrected chi connectivity index (χ0v) is 10.0. The summed E-state index contributed by atoms with van der Waals surface area (Å²) in [7, 11) is 1.87. The lowest BCUT2D eigenvalue weighted by atomic mass is 10.3. The second kappa shape index (κ2) is 4.72. The van der Waals surface area contributed by atoms with Crippen molar-refractivity contribution in [3.63, 3.8) is 0 Å². The second-order valence-corrected chi connectivity index (χ2v) is 4.04. The lowest BCUT2D eigenvalue weighted by Gasteiger charge is -2.18. The highest BCUT2D eigenvalue weighted by Gasteiger charge is 2.10. The van der Waals surface area contributed by atoms with E-state index in [9.17, 15) is 0 Å². The van der Waals surface area contributed by atoms with E-state index in [1.54, 1.807) is 12.5 Å². The van der Waals surface area contributed by atoms with E-state index in [0.717, 1.165) is 5.56 Å². The number of rotatable bonds is 3. The van der Waals surface area contributed by atoms with Gasteiger partial charge in [0.2, 0.25) is 5.28 Å². The minimum Gasteiger partial charge on any atom is -0.472 e. The number of hydrogen-bond acceptors (Lipinski definition) is 4. The van der Waals surface area contributed by atoms with Crippen LogP contribution in [0.5, 0.6) is 0 Å². The molecule has 16 heavy (non-hydrogen) atoms. The number of nitrogens with zero attached hydrogens (tertiary/aromatic N) is 3. The normalized spacial score (nSPS) is 10.4. The number of anilines is 1. The van der Waals surface area contributed by atoms with Gasteiger partial charge in [0.15, 0.2) is 5.82 Å². The summed E-state index contributed by atoms with van der Waals surface area (Å²) in [6.45, 7) is 0.642. The lowest BCUT2D eigenvalue weighted by Crippen LogP contribution is -2.18. The Hall–Kier alpha value is -1.26. The molecule has 84 valence electrons. The summed E-state index contributed by atoms with van der Waals surface area (Å²) in [5.41, 5.74) is 1.04. The van der Waals surface area contributed by atoms with Crippen LogP contribution in [-0.2, 0) is 6.54 Å². The summed E-state index contributed by atoms with van der Waals surface area (Å²) in [6.07, 6.45) is 4.78. The fourth-order valence-electron chi connectivity index (χ4n) is 1.34. The standard InChI is InChI=1S/C10H9Cl2N3O/c1-15(5-7-2-3-16-6-7)9-8(11)4-13-10(12)14-9/h2-4,6H,5H2,1H3. The van der Waals surface area contributed by atoms with Gasteiger partial charge in [-0.1, -0.05) is 11.6 Å². The van der Waals surface area contributed by atoms with Crippen LogP contribution in [0, 0.1) is 0 Å². The highest BCUT2D eigenvalue weighted by molar-refractivity contribution is 6.33. The van der Waals surface area contributed by atoms with E-state index in [1.807, 2.05) is 18.0 Å². The first-order valence-electron chi connectivity index (χ1n) is 4.57. The zero-order valence-electron chi connectivity index (χ0n) is 8.52. The molecule has 2 aromatic rings. The van der Waals surface area contributed by atoms with Gasteiger partial charge in [-0.05, 0) is 17.7 Å². The summed E-state index contributed by atoms with van der Waals surface area (Å²) >= 11 is 11.7. The predicted octanol–water partition coefficient (Wildman–Crippen LogP) is 3.01. The van der Waals surface area contributed by atoms with Crippen molar-refractivity contribution in [1.82, 2.24) is 9.97 Å². The predicted molar refractivity (Wildman–Crippen MR) is 62.9 cm³/mol. The van der Waals surface area contributed by atoms with E-state index in [4.69, 9.17) is 27.6 Å². The van der Waals surface area contributed by atoms with Crippen molar-refractivity contribution in [2.75, 3.05) is 11.9 Å². The van der Waals surface area contributed by atoms with Gasteiger partial charge in [-0.15, -0.1) is 0 Å². The van der Waals surface area contributed by atoms with Crippen LogP contribution in [0.2, 0.25) is 10.3 Å². The maximum absolute atomic E-state index is 5.98. The van der Waals surface area contributed by atoms with Gasteiger partial charge < -0.3 is 9.32 Å². The molecule has 0 saturated carbocycles. The van der Waals surface area contributed by atoms with Crippen LogP contribution in [0.4, 0.5) is 5.82 Å². The monoisotopic (exact) mass is 257 g/mol. The van der Waals surface area contributed by atoms with Gasteiger partial charge in [-0.3, -0.25) is 0 Å².